The Morgan fingerprint density at radius 2 is 1.81 bits per heavy atom. The fourth-order valence-electron chi connectivity index (χ4n) is 2.30. The van der Waals surface area contributed by atoms with Crippen LogP contribution in [0.4, 0.5) is 0 Å². The summed E-state index contributed by atoms with van der Waals surface area (Å²) >= 11 is 5.89. The van der Waals surface area contributed by atoms with Crippen LogP contribution in [0, 0.1) is 5.92 Å². The molecule has 0 fully saturated rings. The number of carboxylic acid groups (broad SMARTS) is 1. The molecule has 1 unspecified atom stereocenters. The molecule has 1 amide bonds. The number of rotatable bonds is 7. The van der Waals surface area contributed by atoms with E-state index in [2.05, 4.69) is 0 Å². The van der Waals surface area contributed by atoms with Crippen LogP contribution in [-0.4, -0.2) is 35.5 Å². The van der Waals surface area contributed by atoms with Crippen LogP contribution in [0.5, 0.6) is 0 Å². The van der Waals surface area contributed by atoms with Gasteiger partial charge in [0, 0.05) is 25.0 Å². The first kappa shape index (κ1) is 17.5. The fourth-order valence-corrected chi connectivity index (χ4v) is 2.42. The minimum atomic E-state index is -0.839. The van der Waals surface area contributed by atoms with Crippen LogP contribution < -0.4 is 0 Å². The number of carbonyl (C=O) groups excluding carboxylic acids is 1. The van der Waals surface area contributed by atoms with Gasteiger partial charge in [-0.1, -0.05) is 37.6 Å². The Hall–Kier alpha value is -1.55. The average Bonchev–Trinajstić information content (AvgIpc) is 2.40. The minimum absolute atomic E-state index is 0.0118. The summed E-state index contributed by atoms with van der Waals surface area (Å²) in [6.45, 7) is 4.45. The summed E-state index contributed by atoms with van der Waals surface area (Å²) in [6.07, 6.45) is 0.536. The Balaban J connectivity index is 2.78. The van der Waals surface area contributed by atoms with Crippen molar-refractivity contribution >= 4 is 23.5 Å². The first-order chi connectivity index (χ1) is 9.82. The third kappa shape index (κ3) is 5.38. The first-order valence-electron chi connectivity index (χ1n) is 7.05. The number of likely N-dealkylation sites (N-methyl/N-ethyl adjacent to an activating group) is 1. The van der Waals surface area contributed by atoms with Crippen molar-refractivity contribution in [2.75, 3.05) is 13.6 Å². The molecule has 0 saturated carbocycles. The first-order valence-corrected chi connectivity index (χ1v) is 7.43. The minimum Gasteiger partial charge on any atom is -0.481 e. The fraction of sp³-hybridized carbons (Fsp3) is 0.500. The number of nitrogens with zero attached hydrogens (tertiary/aromatic N) is 1. The molecule has 0 radical (unpaired) electrons. The van der Waals surface area contributed by atoms with Gasteiger partial charge >= 0.3 is 5.97 Å². The normalized spacial score (nSPS) is 12.2. The SMILES string of the molecule is CC(C)C(C(=O)N(C)CCCC(=O)O)c1ccc(Cl)cc1. The highest BCUT2D eigenvalue weighted by Gasteiger charge is 2.26. The summed E-state index contributed by atoms with van der Waals surface area (Å²) in [7, 11) is 1.72. The number of amides is 1. The van der Waals surface area contributed by atoms with Gasteiger partial charge in [-0.05, 0) is 30.0 Å². The Kier molecular flexibility index (Phi) is 6.69. The van der Waals surface area contributed by atoms with E-state index in [-0.39, 0.29) is 24.2 Å². The van der Waals surface area contributed by atoms with Gasteiger partial charge in [0.1, 0.15) is 0 Å². The van der Waals surface area contributed by atoms with Crippen LogP contribution in [-0.2, 0) is 9.59 Å². The summed E-state index contributed by atoms with van der Waals surface area (Å²) in [5.74, 6) is -0.913. The van der Waals surface area contributed by atoms with Crippen molar-refractivity contribution in [2.24, 2.45) is 5.92 Å². The third-order valence-corrected chi connectivity index (χ3v) is 3.67. The summed E-state index contributed by atoms with van der Waals surface area (Å²) in [4.78, 5) is 24.7. The highest BCUT2D eigenvalue weighted by Crippen LogP contribution is 2.27. The molecule has 0 aromatic heterocycles. The smallest absolute Gasteiger partial charge is 0.303 e. The molecule has 0 aliphatic carbocycles. The molecule has 1 aromatic rings. The Bertz CT molecular complexity index is 485. The largest absolute Gasteiger partial charge is 0.481 e. The van der Waals surface area contributed by atoms with Gasteiger partial charge in [-0.25, -0.2) is 0 Å². The van der Waals surface area contributed by atoms with Crippen molar-refractivity contribution in [2.45, 2.75) is 32.6 Å². The van der Waals surface area contributed by atoms with Gasteiger partial charge in [-0.15, -0.1) is 0 Å². The topological polar surface area (TPSA) is 57.6 Å². The van der Waals surface area contributed by atoms with Crippen LogP contribution in [0.3, 0.4) is 0 Å². The zero-order chi connectivity index (χ0) is 16.0. The molecule has 0 saturated heterocycles. The molecule has 4 nitrogen and oxygen atoms in total. The zero-order valence-electron chi connectivity index (χ0n) is 12.7. The van der Waals surface area contributed by atoms with Crippen LogP contribution >= 0.6 is 11.6 Å². The summed E-state index contributed by atoms with van der Waals surface area (Å²) in [5.41, 5.74) is 0.935. The highest BCUT2D eigenvalue weighted by atomic mass is 35.5. The molecule has 116 valence electrons. The average molecular weight is 312 g/mol. The lowest BCUT2D eigenvalue weighted by Crippen LogP contribution is -2.34. The quantitative estimate of drug-likeness (QED) is 0.839. The molecule has 1 rings (SSSR count). The van der Waals surface area contributed by atoms with E-state index in [1.165, 1.54) is 0 Å². The third-order valence-electron chi connectivity index (χ3n) is 3.42. The van der Waals surface area contributed by atoms with Crippen molar-refractivity contribution in [1.82, 2.24) is 4.90 Å². The second-order valence-corrected chi connectivity index (χ2v) is 5.97. The second-order valence-electron chi connectivity index (χ2n) is 5.53. The number of carbonyl (C=O) groups is 2. The van der Waals surface area contributed by atoms with Crippen LogP contribution in [0.1, 0.15) is 38.2 Å². The van der Waals surface area contributed by atoms with Gasteiger partial charge in [-0.2, -0.15) is 0 Å². The predicted molar refractivity (Wildman–Crippen MR) is 83.5 cm³/mol. The Morgan fingerprint density at radius 3 is 2.29 bits per heavy atom. The lowest BCUT2D eigenvalue weighted by atomic mass is 9.87. The maximum absolute atomic E-state index is 12.6. The molecule has 0 spiro atoms. The van der Waals surface area contributed by atoms with Gasteiger partial charge in [0.15, 0.2) is 0 Å². The number of aliphatic carboxylic acids is 1. The number of hydrogen-bond donors (Lipinski definition) is 1. The van der Waals surface area contributed by atoms with E-state index in [0.717, 1.165) is 5.56 Å². The van der Waals surface area contributed by atoms with E-state index >= 15 is 0 Å². The van der Waals surface area contributed by atoms with E-state index in [1.54, 1.807) is 24.1 Å². The van der Waals surface area contributed by atoms with Crippen molar-refractivity contribution in [3.63, 3.8) is 0 Å². The van der Waals surface area contributed by atoms with Gasteiger partial charge in [0.05, 0.1) is 5.92 Å². The summed E-state index contributed by atoms with van der Waals surface area (Å²) < 4.78 is 0. The van der Waals surface area contributed by atoms with Gasteiger partial charge in [-0.3, -0.25) is 9.59 Å². The van der Waals surface area contributed by atoms with Gasteiger partial charge < -0.3 is 10.0 Å². The molecule has 5 heteroatoms. The number of carboxylic acids is 1. The van der Waals surface area contributed by atoms with Gasteiger partial charge in [0.2, 0.25) is 5.91 Å². The maximum Gasteiger partial charge on any atom is 0.303 e. The lowest BCUT2D eigenvalue weighted by molar-refractivity contribution is -0.138. The van der Waals surface area contributed by atoms with Crippen molar-refractivity contribution in [3.8, 4) is 0 Å². The number of hydrogen-bond acceptors (Lipinski definition) is 2. The van der Waals surface area contributed by atoms with Crippen LogP contribution in [0.2, 0.25) is 5.02 Å². The second kappa shape index (κ2) is 8.03. The molecule has 21 heavy (non-hydrogen) atoms. The molecule has 0 aliphatic heterocycles. The van der Waals surface area contributed by atoms with Crippen LogP contribution in [0.15, 0.2) is 24.3 Å². The molecule has 0 bridgehead atoms. The predicted octanol–water partition coefficient (Wildman–Crippen LogP) is 3.40. The molecule has 1 atom stereocenters. The standard InChI is InChI=1S/C16H22ClNO3/c1-11(2)15(12-6-8-13(17)9-7-12)16(21)18(3)10-4-5-14(19)20/h6-9,11,15H,4-5,10H2,1-3H3,(H,19,20). The van der Waals surface area contributed by atoms with E-state index in [1.807, 2.05) is 26.0 Å². The Morgan fingerprint density at radius 1 is 1.24 bits per heavy atom. The molecular weight excluding hydrogens is 290 g/mol. The van der Waals surface area contributed by atoms with Crippen molar-refractivity contribution < 1.29 is 14.7 Å². The van der Waals surface area contributed by atoms with Crippen molar-refractivity contribution in [1.29, 1.82) is 0 Å². The molecule has 1 N–H and O–H groups in total. The number of benzene rings is 1. The maximum atomic E-state index is 12.6. The molecule has 0 heterocycles. The van der Waals surface area contributed by atoms with E-state index in [4.69, 9.17) is 16.7 Å². The number of halogens is 1. The summed E-state index contributed by atoms with van der Waals surface area (Å²) in [6, 6.07) is 7.31. The highest BCUT2D eigenvalue weighted by molar-refractivity contribution is 6.30. The summed E-state index contributed by atoms with van der Waals surface area (Å²) in [5, 5.41) is 9.29. The van der Waals surface area contributed by atoms with Gasteiger partial charge in [0.25, 0.3) is 0 Å². The molecule has 1 aromatic carbocycles. The van der Waals surface area contributed by atoms with Crippen LogP contribution in [0.25, 0.3) is 0 Å². The monoisotopic (exact) mass is 311 g/mol. The lowest BCUT2D eigenvalue weighted by Gasteiger charge is -2.26. The van der Waals surface area contributed by atoms with Crippen molar-refractivity contribution in [3.05, 3.63) is 34.9 Å². The van der Waals surface area contributed by atoms with E-state index < -0.39 is 5.97 Å². The molecule has 0 aliphatic rings. The van der Waals surface area contributed by atoms with E-state index in [0.29, 0.717) is 18.0 Å². The van der Waals surface area contributed by atoms with E-state index in [9.17, 15) is 9.59 Å². The zero-order valence-corrected chi connectivity index (χ0v) is 13.4. The molecular formula is C16H22ClNO3. The Labute approximate surface area is 130 Å².